The van der Waals surface area contributed by atoms with Crippen molar-refractivity contribution in [3.63, 3.8) is 0 Å². The molecule has 1 amide bonds. The lowest BCUT2D eigenvalue weighted by Gasteiger charge is -2.23. The molecular formula is C17H20N2OS. The highest BCUT2D eigenvalue weighted by atomic mass is 32.1. The number of likely N-dealkylation sites (tertiary alicyclic amines) is 1. The second-order valence-corrected chi connectivity index (χ2v) is 6.19. The van der Waals surface area contributed by atoms with Crippen LogP contribution in [-0.4, -0.2) is 23.9 Å². The first-order valence-corrected chi connectivity index (χ1v) is 8.38. The number of amides is 1. The maximum Gasteiger partial charge on any atom is 0.225 e. The second kappa shape index (κ2) is 6.87. The number of rotatable bonds is 5. The summed E-state index contributed by atoms with van der Waals surface area (Å²) >= 11 is 1.75. The SMILES string of the molecule is O=C(CCN1CCC[C@@H]1c1ccsc1)Nc1ccccc1. The lowest BCUT2D eigenvalue weighted by Crippen LogP contribution is -2.27. The molecule has 0 unspecified atom stereocenters. The van der Waals surface area contributed by atoms with Crippen LogP contribution in [0.25, 0.3) is 0 Å². The van der Waals surface area contributed by atoms with Crippen molar-refractivity contribution in [2.75, 3.05) is 18.4 Å². The normalized spacial score (nSPS) is 18.8. The van der Waals surface area contributed by atoms with Gasteiger partial charge in [-0.2, -0.15) is 11.3 Å². The topological polar surface area (TPSA) is 32.3 Å². The first-order chi connectivity index (χ1) is 10.3. The average molecular weight is 300 g/mol. The molecule has 110 valence electrons. The van der Waals surface area contributed by atoms with Crippen LogP contribution in [0.15, 0.2) is 47.2 Å². The van der Waals surface area contributed by atoms with Gasteiger partial charge in [0.25, 0.3) is 0 Å². The van der Waals surface area contributed by atoms with Gasteiger partial charge in [-0.15, -0.1) is 0 Å². The Hall–Kier alpha value is -1.65. The van der Waals surface area contributed by atoms with E-state index in [0.29, 0.717) is 12.5 Å². The minimum Gasteiger partial charge on any atom is -0.326 e. The quantitative estimate of drug-likeness (QED) is 0.908. The summed E-state index contributed by atoms with van der Waals surface area (Å²) in [6.45, 7) is 1.93. The fourth-order valence-electron chi connectivity index (χ4n) is 2.93. The number of hydrogen-bond donors (Lipinski definition) is 1. The molecule has 0 saturated carbocycles. The molecule has 1 aliphatic rings. The molecule has 1 fully saturated rings. The number of nitrogens with zero attached hydrogens (tertiary/aromatic N) is 1. The van der Waals surface area contributed by atoms with E-state index in [1.165, 1.54) is 18.4 Å². The van der Waals surface area contributed by atoms with Gasteiger partial charge < -0.3 is 5.32 Å². The summed E-state index contributed by atoms with van der Waals surface area (Å²) in [5.41, 5.74) is 2.28. The average Bonchev–Trinajstić information content (AvgIpc) is 3.17. The Morgan fingerprint density at radius 1 is 1.29 bits per heavy atom. The predicted octanol–water partition coefficient (Wildman–Crippen LogP) is 3.91. The molecule has 1 aliphatic heterocycles. The van der Waals surface area contributed by atoms with Gasteiger partial charge in [0.2, 0.25) is 5.91 Å². The molecule has 3 nitrogen and oxygen atoms in total. The van der Waals surface area contributed by atoms with Crippen molar-refractivity contribution < 1.29 is 4.79 Å². The van der Waals surface area contributed by atoms with E-state index in [-0.39, 0.29) is 5.91 Å². The standard InChI is InChI=1S/C17H20N2OS/c20-17(18-15-5-2-1-3-6-15)8-11-19-10-4-7-16(19)14-9-12-21-13-14/h1-3,5-6,9,12-13,16H,4,7-8,10-11H2,(H,18,20)/t16-/m1/s1. The van der Waals surface area contributed by atoms with E-state index in [2.05, 4.69) is 27.0 Å². The Morgan fingerprint density at radius 2 is 2.14 bits per heavy atom. The maximum atomic E-state index is 12.0. The van der Waals surface area contributed by atoms with Crippen LogP contribution in [0.4, 0.5) is 5.69 Å². The van der Waals surface area contributed by atoms with Crippen LogP contribution in [0.2, 0.25) is 0 Å². The third-order valence-electron chi connectivity index (χ3n) is 3.98. The van der Waals surface area contributed by atoms with Crippen molar-refractivity contribution in [3.8, 4) is 0 Å². The Balaban J connectivity index is 1.51. The zero-order valence-electron chi connectivity index (χ0n) is 12.0. The maximum absolute atomic E-state index is 12.0. The van der Waals surface area contributed by atoms with Crippen LogP contribution in [0.3, 0.4) is 0 Å². The number of carbonyl (C=O) groups excluding carboxylic acids is 1. The van der Waals surface area contributed by atoms with Crippen LogP contribution in [0.5, 0.6) is 0 Å². The molecule has 2 heterocycles. The van der Waals surface area contributed by atoms with Crippen LogP contribution in [-0.2, 0) is 4.79 Å². The Bertz CT molecular complexity index is 568. The summed E-state index contributed by atoms with van der Waals surface area (Å²) in [4.78, 5) is 14.5. The number of para-hydroxylation sites is 1. The van der Waals surface area contributed by atoms with Gasteiger partial charge in [0.15, 0.2) is 0 Å². The fraction of sp³-hybridized carbons (Fsp3) is 0.353. The van der Waals surface area contributed by atoms with Gasteiger partial charge in [0.05, 0.1) is 0 Å². The van der Waals surface area contributed by atoms with Crippen molar-refractivity contribution in [3.05, 3.63) is 52.7 Å². The molecule has 1 aromatic carbocycles. The highest BCUT2D eigenvalue weighted by Crippen LogP contribution is 2.32. The van der Waals surface area contributed by atoms with E-state index in [1.807, 2.05) is 30.3 Å². The summed E-state index contributed by atoms with van der Waals surface area (Å²) in [5.74, 6) is 0.0946. The van der Waals surface area contributed by atoms with Gasteiger partial charge in [-0.05, 0) is 53.9 Å². The lowest BCUT2D eigenvalue weighted by atomic mass is 10.1. The molecule has 2 aromatic rings. The number of thiophene rings is 1. The van der Waals surface area contributed by atoms with E-state index in [0.717, 1.165) is 18.8 Å². The van der Waals surface area contributed by atoms with Gasteiger partial charge in [-0.1, -0.05) is 18.2 Å². The third-order valence-corrected chi connectivity index (χ3v) is 4.68. The molecule has 4 heteroatoms. The number of anilines is 1. The van der Waals surface area contributed by atoms with E-state index in [4.69, 9.17) is 0 Å². The Morgan fingerprint density at radius 3 is 2.90 bits per heavy atom. The van der Waals surface area contributed by atoms with E-state index >= 15 is 0 Å². The lowest BCUT2D eigenvalue weighted by molar-refractivity contribution is -0.116. The first kappa shape index (κ1) is 14.3. The molecule has 0 radical (unpaired) electrons. The molecule has 3 rings (SSSR count). The highest BCUT2D eigenvalue weighted by Gasteiger charge is 2.26. The monoisotopic (exact) mass is 300 g/mol. The van der Waals surface area contributed by atoms with Crippen molar-refractivity contribution in [2.45, 2.75) is 25.3 Å². The Kier molecular flexibility index (Phi) is 4.68. The first-order valence-electron chi connectivity index (χ1n) is 7.44. The second-order valence-electron chi connectivity index (χ2n) is 5.41. The molecule has 1 aromatic heterocycles. The summed E-state index contributed by atoms with van der Waals surface area (Å²) < 4.78 is 0. The summed E-state index contributed by atoms with van der Waals surface area (Å²) in [6, 6.07) is 12.4. The smallest absolute Gasteiger partial charge is 0.225 e. The number of carbonyl (C=O) groups is 1. The zero-order valence-corrected chi connectivity index (χ0v) is 12.8. The van der Waals surface area contributed by atoms with Gasteiger partial charge in [0, 0.05) is 24.7 Å². The summed E-state index contributed by atoms with van der Waals surface area (Å²) in [5, 5.41) is 7.31. The Labute approximate surface area is 129 Å². The fourth-order valence-corrected chi connectivity index (χ4v) is 3.63. The van der Waals surface area contributed by atoms with Crippen molar-refractivity contribution in [1.82, 2.24) is 4.90 Å². The van der Waals surface area contributed by atoms with Crippen molar-refractivity contribution in [2.24, 2.45) is 0 Å². The van der Waals surface area contributed by atoms with Gasteiger partial charge in [-0.3, -0.25) is 9.69 Å². The van der Waals surface area contributed by atoms with Gasteiger partial charge in [0.1, 0.15) is 0 Å². The molecular weight excluding hydrogens is 280 g/mol. The van der Waals surface area contributed by atoms with Crippen LogP contribution < -0.4 is 5.32 Å². The summed E-state index contributed by atoms with van der Waals surface area (Å²) in [7, 11) is 0. The van der Waals surface area contributed by atoms with Gasteiger partial charge >= 0.3 is 0 Å². The van der Waals surface area contributed by atoms with Crippen LogP contribution in [0.1, 0.15) is 30.9 Å². The van der Waals surface area contributed by atoms with E-state index in [9.17, 15) is 4.79 Å². The highest BCUT2D eigenvalue weighted by molar-refractivity contribution is 7.07. The number of hydrogen-bond acceptors (Lipinski definition) is 3. The van der Waals surface area contributed by atoms with Crippen molar-refractivity contribution in [1.29, 1.82) is 0 Å². The molecule has 21 heavy (non-hydrogen) atoms. The zero-order chi connectivity index (χ0) is 14.5. The number of nitrogens with one attached hydrogen (secondary N) is 1. The summed E-state index contributed by atoms with van der Waals surface area (Å²) in [6.07, 6.45) is 2.98. The number of benzene rings is 1. The minimum absolute atomic E-state index is 0.0946. The molecule has 1 saturated heterocycles. The van der Waals surface area contributed by atoms with E-state index in [1.54, 1.807) is 11.3 Å². The van der Waals surface area contributed by atoms with E-state index < -0.39 is 0 Å². The predicted molar refractivity (Wildman–Crippen MR) is 87.6 cm³/mol. The third kappa shape index (κ3) is 3.71. The van der Waals surface area contributed by atoms with Crippen LogP contribution in [0, 0.1) is 0 Å². The minimum atomic E-state index is 0.0946. The van der Waals surface area contributed by atoms with Crippen LogP contribution >= 0.6 is 11.3 Å². The molecule has 0 aliphatic carbocycles. The molecule has 0 bridgehead atoms. The molecule has 1 N–H and O–H groups in total. The largest absolute Gasteiger partial charge is 0.326 e. The van der Waals surface area contributed by atoms with Gasteiger partial charge in [-0.25, -0.2) is 0 Å². The van der Waals surface area contributed by atoms with Crippen molar-refractivity contribution >= 4 is 22.9 Å². The molecule has 0 spiro atoms. The molecule has 1 atom stereocenters.